The van der Waals surface area contributed by atoms with Gasteiger partial charge >= 0.3 is 0 Å². The Morgan fingerprint density at radius 3 is 2.52 bits per heavy atom. The summed E-state index contributed by atoms with van der Waals surface area (Å²) < 4.78 is 16.5. The number of methoxy groups -OCH3 is 1. The van der Waals surface area contributed by atoms with Crippen molar-refractivity contribution in [2.24, 2.45) is 17.1 Å². The minimum atomic E-state index is 0.183. The molecule has 0 amide bonds. The van der Waals surface area contributed by atoms with Crippen molar-refractivity contribution in [1.29, 1.82) is 0 Å². The van der Waals surface area contributed by atoms with E-state index in [9.17, 15) is 0 Å². The third-order valence-corrected chi connectivity index (χ3v) is 5.06. The molecule has 0 aromatic heterocycles. The van der Waals surface area contributed by atoms with E-state index in [4.69, 9.17) is 19.9 Å². The van der Waals surface area contributed by atoms with E-state index in [0.29, 0.717) is 18.6 Å². The summed E-state index contributed by atoms with van der Waals surface area (Å²) in [6.07, 6.45) is 5.74. The van der Waals surface area contributed by atoms with E-state index in [1.807, 2.05) is 0 Å². The summed E-state index contributed by atoms with van der Waals surface area (Å²) in [5.74, 6) is 0.718. The van der Waals surface area contributed by atoms with Gasteiger partial charge in [0.1, 0.15) is 0 Å². The topological polar surface area (TPSA) is 53.7 Å². The smallest absolute Gasteiger partial charge is 0.0729 e. The number of rotatable bonds is 10. The van der Waals surface area contributed by atoms with E-state index in [-0.39, 0.29) is 12.1 Å². The second-order valence-electron chi connectivity index (χ2n) is 6.88. The van der Waals surface area contributed by atoms with Crippen LogP contribution in [0.2, 0.25) is 0 Å². The van der Waals surface area contributed by atoms with Crippen LogP contribution in [0.1, 0.15) is 52.9 Å². The Kier molecular flexibility index (Phi) is 8.79. The number of hydrogen-bond donors (Lipinski definition) is 1. The van der Waals surface area contributed by atoms with Gasteiger partial charge < -0.3 is 19.9 Å². The van der Waals surface area contributed by atoms with Crippen molar-refractivity contribution in [2.75, 3.05) is 33.5 Å². The molecule has 0 saturated heterocycles. The lowest BCUT2D eigenvalue weighted by atomic mass is 9.68. The molecule has 1 aliphatic carbocycles. The van der Waals surface area contributed by atoms with Gasteiger partial charge in [0.15, 0.2) is 0 Å². The molecule has 0 aromatic rings. The first kappa shape index (κ1) is 18.9. The first-order chi connectivity index (χ1) is 10.0. The summed E-state index contributed by atoms with van der Waals surface area (Å²) in [7, 11) is 1.71. The van der Waals surface area contributed by atoms with E-state index >= 15 is 0 Å². The van der Waals surface area contributed by atoms with Crippen LogP contribution in [-0.2, 0) is 14.2 Å². The van der Waals surface area contributed by atoms with Crippen molar-refractivity contribution in [1.82, 2.24) is 0 Å². The Bertz CT molecular complexity index is 271. The number of ether oxygens (including phenoxy) is 3. The molecule has 4 heteroatoms. The maximum atomic E-state index is 6.22. The van der Waals surface area contributed by atoms with Gasteiger partial charge in [-0.1, -0.05) is 27.2 Å². The molecule has 126 valence electrons. The standard InChI is InChI=1S/C17H35NO3/c1-5-17(2,3)14-7-8-15(18)16(13-14)21-12-11-20-10-6-9-19-4/h14-16H,5-13,18H2,1-4H3. The van der Waals surface area contributed by atoms with Crippen LogP contribution in [0.4, 0.5) is 0 Å². The van der Waals surface area contributed by atoms with Gasteiger partial charge in [0.05, 0.1) is 19.3 Å². The molecule has 21 heavy (non-hydrogen) atoms. The summed E-state index contributed by atoms with van der Waals surface area (Å²) in [5, 5.41) is 0. The van der Waals surface area contributed by atoms with Crippen LogP contribution in [0.25, 0.3) is 0 Å². The Labute approximate surface area is 130 Å². The second-order valence-corrected chi connectivity index (χ2v) is 6.88. The van der Waals surface area contributed by atoms with Crippen molar-refractivity contribution >= 4 is 0 Å². The average Bonchev–Trinajstić information content (AvgIpc) is 2.47. The third kappa shape index (κ3) is 6.64. The van der Waals surface area contributed by atoms with Crippen LogP contribution >= 0.6 is 0 Å². The highest BCUT2D eigenvalue weighted by Crippen LogP contribution is 2.40. The van der Waals surface area contributed by atoms with Crippen molar-refractivity contribution in [3.63, 3.8) is 0 Å². The third-order valence-electron chi connectivity index (χ3n) is 5.06. The summed E-state index contributed by atoms with van der Waals surface area (Å²) in [6.45, 7) is 9.79. The van der Waals surface area contributed by atoms with Gasteiger partial charge in [0.25, 0.3) is 0 Å². The average molecular weight is 301 g/mol. The predicted octanol–water partition coefficient (Wildman–Crippen LogP) is 2.99. The Hall–Kier alpha value is -0.160. The van der Waals surface area contributed by atoms with Crippen LogP contribution in [0.3, 0.4) is 0 Å². The van der Waals surface area contributed by atoms with Crippen molar-refractivity contribution in [2.45, 2.75) is 65.0 Å². The lowest BCUT2D eigenvalue weighted by Gasteiger charge is -2.41. The van der Waals surface area contributed by atoms with Crippen LogP contribution in [0.15, 0.2) is 0 Å². The molecule has 0 bridgehead atoms. The zero-order chi connectivity index (χ0) is 15.7. The maximum absolute atomic E-state index is 6.22. The molecule has 0 aromatic carbocycles. The zero-order valence-electron chi connectivity index (χ0n) is 14.4. The minimum Gasteiger partial charge on any atom is -0.385 e. The molecule has 1 aliphatic rings. The van der Waals surface area contributed by atoms with Gasteiger partial charge in [-0.2, -0.15) is 0 Å². The van der Waals surface area contributed by atoms with E-state index in [1.54, 1.807) is 7.11 Å². The van der Waals surface area contributed by atoms with Crippen LogP contribution in [-0.4, -0.2) is 45.7 Å². The molecule has 1 fully saturated rings. The van der Waals surface area contributed by atoms with Gasteiger partial charge in [-0.15, -0.1) is 0 Å². The first-order valence-corrected chi connectivity index (χ1v) is 8.45. The highest BCUT2D eigenvalue weighted by Gasteiger charge is 2.36. The monoisotopic (exact) mass is 301 g/mol. The number of hydrogen-bond acceptors (Lipinski definition) is 4. The van der Waals surface area contributed by atoms with E-state index in [2.05, 4.69) is 20.8 Å². The van der Waals surface area contributed by atoms with Crippen LogP contribution in [0, 0.1) is 11.3 Å². The van der Waals surface area contributed by atoms with E-state index < -0.39 is 0 Å². The molecular formula is C17H35NO3. The Balaban J connectivity index is 2.23. The van der Waals surface area contributed by atoms with Crippen LogP contribution < -0.4 is 5.73 Å². The Morgan fingerprint density at radius 1 is 1.10 bits per heavy atom. The SMILES string of the molecule is CCC(C)(C)C1CCC(N)C(OCCOCCCOC)C1. The summed E-state index contributed by atoms with van der Waals surface area (Å²) in [5.41, 5.74) is 6.61. The molecule has 1 saturated carbocycles. The quantitative estimate of drug-likeness (QED) is 0.630. The first-order valence-electron chi connectivity index (χ1n) is 8.45. The van der Waals surface area contributed by atoms with Gasteiger partial charge in [-0.05, 0) is 37.0 Å². The van der Waals surface area contributed by atoms with Crippen molar-refractivity contribution in [3.8, 4) is 0 Å². The van der Waals surface area contributed by atoms with Gasteiger partial charge in [-0.25, -0.2) is 0 Å². The Morgan fingerprint density at radius 2 is 1.86 bits per heavy atom. The van der Waals surface area contributed by atoms with Gasteiger partial charge in [0.2, 0.25) is 0 Å². The highest BCUT2D eigenvalue weighted by atomic mass is 16.5. The fourth-order valence-corrected chi connectivity index (χ4v) is 3.01. The van der Waals surface area contributed by atoms with Gasteiger partial charge in [0, 0.05) is 26.4 Å². The van der Waals surface area contributed by atoms with Gasteiger partial charge in [-0.3, -0.25) is 0 Å². The normalized spacial score (nSPS) is 27.0. The van der Waals surface area contributed by atoms with Crippen LogP contribution in [0.5, 0.6) is 0 Å². The molecular weight excluding hydrogens is 266 g/mol. The van der Waals surface area contributed by atoms with E-state index in [1.165, 1.54) is 12.8 Å². The molecule has 3 atom stereocenters. The summed E-state index contributed by atoms with van der Waals surface area (Å²) in [6, 6.07) is 0.183. The van der Waals surface area contributed by atoms with Crippen molar-refractivity contribution in [3.05, 3.63) is 0 Å². The molecule has 0 spiro atoms. The van der Waals surface area contributed by atoms with Crippen molar-refractivity contribution < 1.29 is 14.2 Å². The summed E-state index contributed by atoms with van der Waals surface area (Å²) in [4.78, 5) is 0. The summed E-state index contributed by atoms with van der Waals surface area (Å²) >= 11 is 0. The van der Waals surface area contributed by atoms with E-state index in [0.717, 1.165) is 38.4 Å². The number of nitrogens with two attached hydrogens (primary N) is 1. The highest BCUT2D eigenvalue weighted by molar-refractivity contribution is 4.89. The minimum absolute atomic E-state index is 0.183. The molecule has 4 nitrogen and oxygen atoms in total. The fourth-order valence-electron chi connectivity index (χ4n) is 3.01. The predicted molar refractivity (Wildman–Crippen MR) is 86.4 cm³/mol. The molecule has 0 radical (unpaired) electrons. The lowest BCUT2D eigenvalue weighted by molar-refractivity contribution is -0.0448. The zero-order valence-corrected chi connectivity index (χ0v) is 14.4. The maximum Gasteiger partial charge on any atom is 0.0729 e. The molecule has 0 heterocycles. The molecule has 2 N–H and O–H groups in total. The molecule has 1 rings (SSSR count). The second kappa shape index (κ2) is 9.78. The molecule has 3 unspecified atom stereocenters. The largest absolute Gasteiger partial charge is 0.385 e. The fraction of sp³-hybridized carbons (Fsp3) is 1.00. The lowest BCUT2D eigenvalue weighted by Crippen LogP contribution is -2.45. The molecule has 0 aliphatic heterocycles.